The van der Waals surface area contributed by atoms with Crippen LogP contribution in [0.25, 0.3) is 11.0 Å². The van der Waals surface area contributed by atoms with Crippen molar-refractivity contribution in [1.82, 2.24) is 25.1 Å². The predicted molar refractivity (Wildman–Crippen MR) is 95.3 cm³/mol. The van der Waals surface area contributed by atoms with E-state index in [9.17, 15) is 4.79 Å². The molecular weight excluding hydrogens is 328 g/mol. The molecular formula is C15H24N6O2S. The zero-order valence-electron chi connectivity index (χ0n) is 14.5. The molecule has 0 atom stereocenters. The van der Waals surface area contributed by atoms with Gasteiger partial charge in [0.15, 0.2) is 10.8 Å². The van der Waals surface area contributed by atoms with Gasteiger partial charge in [0.25, 0.3) is 0 Å². The Morgan fingerprint density at radius 3 is 2.83 bits per heavy atom. The lowest BCUT2D eigenvalue weighted by molar-refractivity contribution is -0.124. The first-order valence-electron chi connectivity index (χ1n) is 7.85. The number of fused-ring (bicyclic) bond motifs is 1. The highest BCUT2D eigenvalue weighted by molar-refractivity contribution is 7.98. The molecule has 0 aliphatic rings. The van der Waals surface area contributed by atoms with Gasteiger partial charge in [-0.05, 0) is 6.26 Å². The van der Waals surface area contributed by atoms with Crippen molar-refractivity contribution in [3.05, 3.63) is 6.20 Å². The van der Waals surface area contributed by atoms with Crippen LogP contribution >= 0.6 is 11.8 Å². The summed E-state index contributed by atoms with van der Waals surface area (Å²) in [5, 5.41) is 12.1. The van der Waals surface area contributed by atoms with E-state index in [1.165, 1.54) is 11.8 Å². The summed E-state index contributed by atoms with van der Waals surface area (Å²) in [5.41, 5.74) is 0.757. The molecule has 0 fully saturated rings. The van der Waals surface area contributed by atoms with E-state index in [4.69, 9.17) is 4.74 Å². The first kappa shape index (κ1) is 18.5. The van der Waals surface area contributed by atoms with E-state index in [0.717, 1.165) is 16.9 Å². The Bertz CT molecular complexity index is 688. The molecule has 24 heavy (non-hydrogen) atoms. The van der Waals surface area contributed by atoms with Gasteiger partial charge in [0.1, 0.15) is 5.82 Å². The maximum absolute atomic E-state index is 11.6. The van der Waals surface area contributed by atoms with Crippen LogP contribution in [0.5, 0.6) is 0 Å². The first-order valence-corrected chi connectivity index (χ1v) is 9.07. The standard InChI is InChI=1S/C15H24N6O2S/c1-10(2)14(22)17-5-7-21-13-11(9-18-21)12(16-6-8-23-3)19-15(20-13)24-4/h9-10H,5-8H2,1-4H3,(H,17,22)(H,16,19,20). The van der Waals surface area contributed by atoms with Crippen LogP contribution in [0.3, 0.4) is 0 Å². The second-order valence-corrected chi connectivity index (χ2v) is 6.30. The number of nitrogens with zero attached hydrogens (tertiary/aromatic N) is 4. The fourth-order valence-corrected chi connectivity index (χ4v) is 2.45. The van der Waals surface area contributed by atoms with Gasteiger partial charge in [0, 0.05) is 26.1 Å². The number of aromatic nitrogens is 4. The smallest absolute Gasteiger partial charge is 0.222 e. The van der Waals surface area contributed by atoms with Crippen molar-refractivity contribution in [2.24, 2.45) is 5.92 Å². The zero-order chi connectivity index (χ0) is 17.5. The second kappa shape index (κ2) is 8.84. The molecule has 2 heterocycles. The molecule has 0 aromatic carbocycles. The summed E-state index contributed by atoms with van der Waals surface area (Å²) in [6, 6.07) is 0. The van der Waals surface area contributed by atoms with Gasteiger partial charge in [-0.3, -0.25) is 4.79 Å². The topological polar surface area (TPSA) is 94.0 Å². The molecule has 0 saturated carbocycles. The largest absolute Gasteiger partial charge is 0.383 e. The number of methoxy groups -OCH3 is 1. The SMILES string of the molecule is COCCNc1nc(SC)nc2c1cnn2CCNC(=O)C(C)C. The van der Waals surface area contributed by atoms with Crippen LogP contribution in [-0.2, 0) is 16.1 Å². The summed E-state index contributed by atoms with van der Waals surface area (Å²) in [7, 11) is 1.66. The van der Waals surface area contributed by atoms with Gasteiger partial charge in [0.05, 0.1) is 24.7 Å². The third-order valence-corrected chi connectivity index (χ3v) is 3.95. The van der Waals surface area contributed by atoms with Crippen LogP contribution in [-0.4, -0.2) is 58.7 Å². The summed E-state index contributed by atoms with van der Waals surface area (Å²) in [4.78, 5) is 20.7. The Hall–Kier alpha value is -1.87. The van der Waals surface area contributed by atoms with E-state index in [1.807, 2.05) is 20.1 Å². The number of carbonyl (C=O) groups is 1. The van der Waals surface area contributed by atoms with E-state index in [-0.39, 0.29) is 11.8 Å². The van der Waals surface area contributed by atoms with E-state index < -0.39 is 0 Å². The average Bonchev–Trinajstić information content (AvgIpc) is 2.98. The molecule has 9 heteroatoms. The molecule has 8 nitrogen and oxygen atoms in total. The van der Waals surface area contributed by atoms with Crippen LogP contribution in [0, 0.1) is 5.92 Å². The van der Waals surface area contributed by atoms with Crippen molar-refractivity contribution in [3.8, 4) is 0 Å². The maximum atomic E-state index is 11.6. The van der Waals surface area contributed by atoms with Crippen molar-refractivity contribution in [1.29, 1.82) is 0 Å². The van der Waals surface area contributed by atoms with Crippen LogP contribution < -0.4 is 10.6 Å². The molecule has 0 bridgehead atoms. The number of thioether (sulfide) groups is 1. The number of carbonyl (C=O) groups excluding carboxylic acids is 1. The van der Waals surface area contributed by atoms with Gasteiger partial charge in [-0.1, -0.05) is 25.6 Å². The Morgan fingerprint density at radius 1 is 1.38 bits per heavy atom. The van der Waals surface area contributed by atoms with Crippen LogP contribution in [0.15, 0.2) is 11.4 Å². The fourth-order valence-electron chi connectivity index (χ4n) is 2.09. The minimum absolute atomic E-state index is 0.0265. The summed E-state index contributed by atoms with van der Waals surface area (Å²) >= 11 is 1.48. The minimum atomic E-state index is -0.0265. The van der Waals surface area contributed by atoms with E-state index in [0.29, 0.717) is 31.4 Å². The molecule has 1 amide bonds. The molecule has 2 aromatic rings. The van der Waals surface area contributed by atoms with Crippen molar-refractivity contribution < 1.29 is 9.53 Å². The first-order chi connectivity index (χ1) is 11.6. The van der Waals surface area contributed by atoms with Gasteiger partial charge in [-0.15, -0.1) is 0 Å². The molecule has 2 aromatic heterocycles. The monoisotopic (exact) mass is 352 g/mol. The quantitative estimate of drug-likeness (QED) is 0.400. The lowest BCUT2D eigenvalue weighted by atomic mass is 10.2. The second-order valence-electron chi connectivity index (χ2n) is 5.53. The fraction of sp³-hybridized carbons (Fsp3) is 0.600. The Labute approximate surface area is 145 Å². The van der Waals surface area contributed by atoms with Crippen LogP contribution in [0.2, 0.25) is 0 Å². The van der Waals surface area contributed by atoms with E-state index in [2.05, 4.69) is 25.7 Å². The maximum Gasteiger partial charge on any atom is 0.222 e. The molecule has 0 aliphatic carbocycles. The van der Waals surface area contributed by atoms with E-state index >= 15 is 0 Å². The number of hydrogen-bond donors (Lipinski definition) is 2. The third-order valence-electron chi connectivity index (χ3n) is 3.40. The van der Waals surface area contributed by atoms with Gasteiger partial charge < -0.3 is 15.4 Å². The lowest BCUT2D eigenvalue weighted by Gasteiger charge is -2.10. The molecule has 132 valence electrons. The lowest BCUT2D eigenvalue weighted by Crippen LogP contribution is -2.30. The van der Waals surface area contributed by atoms with Gasteiger partial charge >= 0.3 is 0 Å². The number of nitrogens with one attached hydrogen (secondary N) is 2. The summed E-state index contributed by atoms with van der Waals surface area (Å²) < 4.78 is 6.85. The number of ether oxygens (including phenoxy) is 1. The molecule has 0 spiro atoms. The predicted octanol–water partition coefficient (Wildman–Crippen LogP) is 1.38. The molecule has 0 radical (unpaired) electrons. The van der Waals surface area contributed by atoms with Crippen molar-refractivity contribution in [2.45, 2.75) is 25.5 Å². The third kappa shape index (κ3) is 4.57. The van der Waals surface area contributed by atoms with Crippen LogP contribution in [0.4, 0.5) is 5.82 Å². The number of amides is 1. The van der Waals surface area contributed by atoms with Crippen molar-refractivity contribution in [2.75, 3.05) is 38.4 Å². The zero-order valence-corrected chi connectivity index (χ0v) is 15.3. The van der Waals surface area contributed by atoms with Gasteiger partial charge in [-0.25, -0.2) is 14.6 Å². The van der Waals surface area contributed by atoms with Crippen molar-refractivity contribution in [3.63, 3.8) is 0 Å². The number of anilines is 1. The van der Waals surface area contributed by atoms with Crippen molar-refractivity contribution >= 4 is 34.5 Å². The Morgan fingerprint density at radius 2 is 2.17 bits per heavy atom. The molecule has 2 N–H and O–H groups in total. The summed E-state index contributed by atoms with van der Waals surface area (Å²) in [6.45, 7) is 6.06. The molecule has 2 rings (SSSR count). The number of rotatable bonds is 9. The van der Waals surface area contributed by atoms with Crippen LogP contribution in [0.1, 0.15) is 13.8 Å². The van der Waals surface area contributed by atoms with Gasteiger partial charge in [0.2, 0.25) is 5.91 Å². The average molecular weight is 352 g/mol. The summed E-state index contributed by atoms with van der Waals surface area (Å²) in [6.07, 6.45) is 3.68. The highest BCUT2D eigenvalue weighted by atomic mass is 32.2. The molecule has 0 saturated heterocycles. The highest BCUT2D eigenvalue weighted by Gasteiger charge is 2.13. The summed E-state index contributed by atoms with van der Waals surface area (Å²) in [5.74, 6) is 0.757. The molecule has 0 unspecified atom stereocenters. The Kier molecular flexibility index (Phi) is 6.80. The number of hydrogen-bond acceptors (Lipinski definition) is 7. The highest BCUT2D eigenvalue weighted by Crippen LogP contribution is 2.23. The molecule has 0 aliphatic heterocycles. The Balaban J connectivity index is 2.16. The normalized spacial score (nSPS) is 11.2. The minimum Gasteiger partial charge on any atom is -0.383 e. The van der Waals surface area contributed by atoms with E-state index in [1.54, 1.807) is 18.0 Å². The van der Waals surface area contributed by atoms with Gasteiger partial charge in [-0.2, -0.15) is 5.10 Å².